The lowest BCUT2D eigenvalue weighted by molar-refractivity contribution is -0.118. The van der Waals surface area contributed by atoms with E-state index in [9.17, 15) is 19.0 Å². The molecule has 0 saturated heterocycles. The van der Waals surface area contributed by atoms with Crippen LogP contribution < -0.4 is 5.32 Å². The van der Waals surface area contributed by atoms with Gasteiger partial charge in [-0.1, -0.05) is 31.8 Å². The number of amides is 1. The molecule has 1 fully saturated rings. The SMILES string of the molecule is CC(C)(CO)c1cc(NC(=O)C(C)(C)S(O)(O)C2CCCC2)on1. The Morgan fingerprint density at radius 1 is 1.33 bits per heavy atom. The van der Waals surface area contributed by atoms with E-state index < -0.39 is 26.7 Å². The van der Waals surface area contributed by atoms with Gasteiger partial charge < -0.3 is 9.63 Å². The maximum Gasteiger partial charge on any atom is 0.251 e. The van der Waals surface area contributed by atoms with E-state index in [1.54, 1.807) is 33.8 Å². The summed E-state index contributed by atoms with van der Waals surface area (Å²) in [6.07, 6.45) is 3.38. The quantitative estimate of drug-likeness (QED) is 0.618. The first-order chi connectivity index (χ1) is 11.0. The number of rotatable bonds is 6. The van der Waals surface area contributed by atoms with E-state index in [4.69, 9.17) is 4.52 Å². The van der Waals surface area contributed by atoms with Crippen LogP contribution in [0, 0.1) is 0 Å². The van der Waals surface area contributed by atoms with Crippen molar-refractivity contribution in [3.05, 3.63) is 11.8 Å². The molecular formula is C16H28N2O5S. The van der Waals surface area contributed by atoms with Crippen molar-refractivity contribution in [1.29, 1.82) is 0 Å². The molecule has 1 saturated carbocycles. The van der Waals surface area contributed by atoms with Crippen LogP contribution in [0.25, 0.3) is 0 Å². The van der Waals surface area contributed by atoms with Crippen LogP contribution in [0.3, 0.4) is 0 Å². The molecule has 24 heavy (non-hydrogen) atoms. The summed E-state index contributed by atoms with van der Waals surface area (Å²) in [5.41, 5.74) is -0.0741. The molecule has 1 aromatic heterocycles. The van der Waals surface area contributed by atoms with Gasteiger partial charge in [0.05, 0.1) is 12.3 Å². The summed E-state index contributed by atoms with van der Waals surface area (Å²) in [4.78, 5) is 12.6. The molecule has 2 rings (SSSR count). The molecule has 8 heteroatoms. The smallest absolute Gasteiger partial charge is 0.251 e. The van der Waals surface area contributed by atoms with Crippen LogP contribution in [0.4, 0.5) is 5.88 Å². The minimum Gasteiger partial charge on any atom is -0.395 e. The molecule has 0 aliphatic heterocycles. The molecule has 0 spiro atoms. The number of nitrogens with zero attached hydrogens (tertiary/aromatic N) is 1. The fourth-order valence-electron chi connectivity index (χ4n) is 2.77. The molecule has 1 heterocycles. The van der Waals surface area contributed by atoms with Crippen molar-refractivity contribution in [1.82, 2.24) is 5.16 Å². The third-order valence-corrected chi connectivity index (χ3v) is 7.99. The number of nitrogens with one attached hydrogen (secondary N) is 1. The first-order valence-corrected chi connectivity index (χ1v) is 9.79. The standard InChI is InChI=1S/C16H28N2O5S/c1-15(2,10-19)12-9-13(23-18-12)17-14(20)16(3,4)24(21,22)11-7-5-6-8-11/h9,11,19,21-22H,5-8,10H2,1-4H3,(H,17,20). The van der Waals surface area contributed by atoms with Crippen molar-refractivity contribution in [3.8, 4) is 0 Å². The topological polar surface area (TPSA) is 116 Å². The Morgan fingerprint density at radius 2 is 1.92 bits per heavy atom. The van der Waals surface area contributed by atoms with Gasteiger partial charge in [-0.2, -0.15) is 10.6 Å². The average molecular weight is 360 g/mol. The van der Waals surface area contributed by atoms with Crippen LogP contribution in [0.2, 0.25) is 0 Å². The van der Waals surface area contributed by atoms with Crippen LogP contribution in [0.15, 0.2) is 10.6 Å². The predicted molar refractivity (Wildman–Crippen MR) is 94.4 cm³/mol. The monoisotopic (exact) mass is 360 g/mol. The van der Waals surface area contributed by atoms with Gasteiger partial charge in [0.2, 0.25) is 5.88 Å². The van der Waals surface area contributed by atoms with E-state index in [2.05, 4.69) is 10.5 Å². The van der Waals surface area contributed by atoms with Crippen molar-refractivity contribution in [3.63, 3.8) is 0 Å². The first-order valence-electron chi connectivity index (χ1n) is 8.18. The van der Waals surface area contributed by atoms with E-state index in [-0.39, 0.29) is 17.7 Å². The van der Waals surface area contributed by atoms with Crippen LogP contribution in [0.5, 0.6) is 0 Å². The molecule has 0 bridgehead atoms. The Labute approximate surface area is 144 Å². The average Bonchev–Trinajstić information content (AvgIpc) is 3.18. The fourth-order valence-corrected chi connectivity index (χ4v) is 4.91. The van der Waals surface area contributed by atoms with Crippen molar-refractivity contribution in [2.45, 2.75) is 68.8 Å². The van der Waals surface area contributed by atoms with Crippen molar-refractivity contribution < 1.29 is 23.5 Å². The van der Waals surface area contributed by atoms with Gasteiger partial charge in [-0.3, -0.25) is 19.2 Å². The molecule has 1 aliphatic rings. The summed E-state index contributed by atoms with van der Waals surface area (Å²) >= 11 is 0. The van der Waals surface area contributed by atoms with E-state index >= 15 is 0 Å². The van der Waals surface area contributed by atoms with Gasteiger partial charge in [0, 0.05) is 16.7 Å². The van der Waals surface area contributed by atoms with Gasteiger partial charge in [-0.05, 0) is 26.7 Å². The highest BCUT2D eigenvalue weighted by Gasteiger charge is 2.47. The fraction of sp³-hybridized carbons (Fsp3) is 0.750. The Morgan fingerprint density at radius 3 is 2.46 bits per heavy atom. The molecule has 4 N–H and O–H groups in total. The summed E-state index contributed by atoms with van der Waals surface area (Å²) in [7, 11) is -3.10. The van der Waals surface area contributed by atoms with Crippen LogP contribution in [0.1, 0.15) is 59.1 Å². The number of carbonyl (C=O) groups is 1. The number of aromatic nitrogens is 1. The number of anilines is 1. The molecule has 0 atom stereocenters. The van der Waals surface area contributed by atoms with E-state index in [1.807, 2.05) is 0 Å². The van der Waals surface area contributed by atoms with Gasteiger partial charge in [-0.15, -0.1) is 0 Å². The minimum absolute atomic E-state index is 0.110. The molecule has 0 radical (unpaired) electrons. The zero-order valence-electron chi connectivity index (χ0n) is 14.7. The number of aliphatic hydroxyl groups excluding tert-OH is 1. The second-order valence-corrected chi connectivity index (χ2v) is 10.5. The van der Waals surface area contributed by atoms with E-state index in [0.717, 1.165) is 25.7 Å². The lowest BCUT2D eigenvalue weighted by Gasteiger charge is -2.49. The van der Waals surface area contributed by atoms with E-state index in [0.29, 0.717) is 5.69 Å². The predicted octanol–water partition coefficient (Wildman–Crippen LogP) is 3.35. The summed E-state index contributed by atoms with van der Waals surface area (Å²) in [6.45, 7) is 6.59. The minimum atomic E-state index is -3.10. The molecule has 1 amide bonds. The number of hydrogen-bond donors (Lipinski definition) is 4. The molecule has 138 valence electrons. The van der Waals surface area contributed by atoms with Crippen molar-refractivity contribution >= 4 is 22.4 Å². The molecule has 7 nitrogen and oxygen atoms in total. The van der Waals surface area contributed by atoms with Crippen LogP contribution in [-0.2, 0) is 10.2 Å². The molecule has 0 aromatic carbocycles. The summed E-state index contributed by atoms with van der Waals surface area (Å²) in [5, 5.41) is 15.6. The van der Waals surface area contributed by atoms with Crippen molar-refractivity contribution in [2.24, 2.45) is 0 Å². The zero-order chi connectivity index (χ0) is 18.2. The summed E-state index contributed by atoms with van der Waals surface area (Å²) in [5.74, 6) is -0.384. The zero-order valence-corrected chi connectivity index (χ0v) is 15.5. The highest BCUT2D eigenvalue weighted by atomic mass is 32.3. The lowest BCUT2D eigenvalue weighted by atomic mass is 9.91. The van der Waals surface area contributed by atoms with Gasteiger partial charge in [0.25, 0.3) is 5.91 Å². The van der Waals surface area contributed by atoms with Gasteiger partial charge in [0.15, 0.2) is 0 Å². The number of carbonyl (C=O) groups excluding carboxylic acids is 1. The largest absolute Gasteiger partial charge is 0.395 e. The van der Waals surface area contributed by atoms with Crippen molar-refractivity contribution in [2.75, 3.05) is 11.9 Å². The Kier molecular flexibility index (Phi) is 5.34. The van der Waals surface area contributed by atoms with E-state index in [1.165, 1.54) is 0 Å². The van der Waals surface area contributed by atoms with Crippen LogP contribution >= 0.6 is 10.6 Å². The molecule has 1 aromatic rings. The summed E-state index contributed by atoms with van der Waals surface area (Å²) in [6, 6.07) is 1.55. The number of aliphatic hydroxyl groups is 1. The maximum absolute atomic E-state index is 12.6. The molecular weight excluding hydrogens is 332 g/mol. The number of hydrogen-bond acceptors (Lipinski definition) is 6. The third-order valence-electron chi connectivity index (χ3n) is 4.90. The second-order valence-electron chi connectivity index (χ2n) is 7.58. The Bertz CT molecular complexity index is 591. The normalized spacial score (nSPS) is 18.0. The van der Waals surface area contributed by atoms with Gasteiger partial charge in [0.1, 0.15) is 4.75 Å². The highest BCUT2D eigenvalue weighted by molar-refractivity contribution is 8.26. The first kappa shape index (κ1) is 19.2. The molecule has 0 unspecified atom stereocenters. The Balaban J connectivity index is 2.13. The van der Waals surface area contributed by atoms with Gasteiger partial charge in [-0.25, -0.2) is 0 Å². The lowest BCUT2D eigenvalue weighted by Crippen LogP contribution is -2.45. The summed E-state index contributed by atoms with van der Waals surface area (Å²) < 4.78 is 25.1. The highest BCUT2D eigenvalue weighted by Crippen LogP contribution is 2.60. The molecule has 1 aliphatic carbocycles. The van der Waals surface area contributed by atoms with Crippen LogP contribution in [-0.4, -0.2) is 41.9 Å². The third kappa shape index (κ3) is 3.46. The Hall–Kier alpha value is -1.09. The second kappa shape index (κ2) is 6.67. The maximum atomic E-state index is 12.6. The van der Waals surface area contributed by atoms with Gasteiger partial charge >= 0.3 is 0 Å².